The molecule has 0 aromatic carbocycles. The van der Waals surface area contributed by atoms with Crippen molar-refractivity contribution in [2.75, 3.05) is 0 Å². The Morgan fingerprint density at radius 2 is 1.22 bits per heavy atom. The van der Waals surface area contributed by atoms with E-state index in [-0.39, 0.29) is 0 Å². The lowest BCUT2D eigenvalue weighted by Gasteiger charge is -2.21. The number of hydrogen-bond acceptors (Lipinski definition) is 5. The molecule has 0 saturated carbocycles. The monoisotopic (exact) mass is 303 g/mol. The summed E-state index contributed by atoms with van der Waals surface area (Å²) in [6.45, 7) is 5.72. The smallest absolute Gasteiger partial charge is 0.437 e. The Morgan fingerprint density at radius 3 is 1.39 bits per heavy atom. The van der Waals surface area contributed by atoms with Gasteiger partial charge >= 0.3 is 26.5 Å². The third-order valence-electron chi connectivity index (χ3n) is 1.36. The van der Waals surface area contributed by atoms with Crippen molar-refractivity contribution >= 4 is 26.5 Å². The van der Waals surface area contributed by atoms with Crippen molar-refractivity contribution < 1.29 is 26.7 Å². The van der Waals surface area contributed by atoms with E-state index in [2.05, 4.69) is 0 Å². The molecule has 0 aliphatic rings. The molecular weight excluding hydrogens is 286 g/mol. The lowest BCUT2D eigenvalue weighted by molar-refractivity contribution is 0.186. The normalized spacial score (nSPS) is 13.0. The summed E-state index contributed by atoms with van der Waals surface area (Å²) in [5, 5.41) is 8.76. The second kappa shape index (κ2) is 5.82. The number of nitrogens with zero attached hydrogens (tertiary/aromatic N) is 1. The highest BCUT2D eigenvalue weighted by molar-refractivity contribution is 8.03. The van der Waals surface area contributed by atoms with Gasteiger partial charge in [-0.05, 0) is 27.7 Å². The summed E-state index contributed by atoms with van der Waals surface area (Å²) < 4.78 is 49.6. The minimum Gasteiger partial charge on any atom is -0.463 e. The van der Waals surface area contributed by atoms with Gasteiger partial charge in [0.05, 0.1) is 0 Å². The zero-order chi connectivity index (χ0) is 14.7. The molecule has 9 nitrogen and oxygen atoms in total. The van der Waals surface area contributed by atoms with Gasteiger partial charge in [0.25, 0.3) is 0 Å². The fourth-order valence-corrected chi connectivity index (χ4v) is 4.11. The van der Waals surface area contributed by atoms with E-state index in [1.54, 1.807) is 0 Å². The molecule has 11 heteroatoms. The van der Waals surface area contributed by atoms with E-state index in [1.807, 2.05) is 9.44 Å². The summed E-state index contributed by atoms with van der Waals surface area (Å²) >= 11 is 0. The zero-order valence-corrected chi connectivity index (χ0v) is 12.0. The Balaban J connectivity index is 5.55. The van der Waals surface area contributed by atoms with Crippen LogP contribution in [0.4, 0.5) is 4.79 Å². The van der Waals surface area contributed by atoms with Crippen LogP contribution in [-0.2, 0) is 20.4 Å². The zero-order valence-electron chi connectivity index (χ0n) is 10.4. The minimum atomic E-state index is -4.69. The van der Waals surface area contributed by atoms with Crippen LogP contribution in [-0.4, -0.2) is 43.8 Å². The quantitative estimate of drug-likeness (QED) is 0.603. The first-order valence-electron chi connectivity index (χ1n) is 4.98. The van der Waals surface area contributed by atoms with Crippen LogP contribution in [0.5, 0.6) is 0 Å². The van der Waals surface area contributed by atoms with E-state index in [0.29, 0.717) is 0 Å². The molecule has 0 rings (SSSR count). The summed E-state index contributed by atoms with van der Waals surface area (Å²) in [5.74, 6) is 0. The standard InChI is InChI=1S/C7H17N3O6S2/c1-5(2)8-17(13,14)10(7(11)12)18(15,16)9-6(3)4/h5-6,8-9H,1-4H3,(H,11,12). The second-order valence-electron chi connectivity index (χ2n) is 4.03. The lowest BCUT2D eigenvalue weighted by Crippen LogP contribution is -2.53. The average molecular weight is 303 g/mol. The van der Waals surface area contributed by atoms with E-state index in [9.17, 15) is 21.6 Å². The van der Waals surface area contributed by atoms with Gasteiger partial charge in [0.1, 0.15) is 0 Å². The van der Waals surface area contributed by atoms with Gasteiger partial charge in [0.2, 0.25) is 0 Å². The first-order chi connectivity index (χ1) is 7.90. The van der Waals surface area contributed by atoms with Crippen LogP contribution in [0.3, 0.4) is 0 Å². The van der Waals surface area contributed by atoms with Gasteiger partial charge in [-0.1, -0.05) is 3.71 Å². The fraction of sp³-hybridized carbons (Fsp3) is 0.857. The average Bonchev–Trinajstić information content (AvgIpc) is 1.92. The van der Waals surface area contributed by atoms with Gasteiger partial charge in [-0.2, -0.15) is 26.3 Å². The van der Waals surface area contributed by atoms with Crippen molar-refractivity contribution in [1.82, 2.24) is 13.2 Å². The Bertz CT molecular complexity index is 455. The number of nitrogens with one attached hydrogen (secondary N) is 2. The molecule has 0 aromatic heterocycles. The maximum atomic E-state index is 11.6. The number of carbonyl (C=O) groups is 1. The molecule has 1 amide bonds. The minimum absolute atomic E-state index is 0.625. The van der Waals surface area contributed by atoms with Crippen LogP contribution < -0.4 is 9.44 Å². The highest BCUT2D eigenvalue weighted by atomic mass is 32.3. The SMILES string of the molecule is CC(C)NS(=O)(=O)N(C(=O)O)S(=O)(=O)NC(C)C. The molecule has 0 unspecified atom stereocenters. The number of amides is 1. The maximum Gasteiger partial charge on any atom is 0.437 e. The molecule has 0 saturated heterocycles. The molecule has 0 aliphatic carbocycles. The van der Waals surface area contributed by atoms with Crippen molar-refractivity contribution in [2.45, 2.75) is 39.8 Å². The van der Waals surface area contributed by atoms with Gasteiger partial charge in [-0.3, -0.25) is 0 Å². The van der Waals surface area contributed by atoms with Crippen LogP contribution in [0, 0.1) is 0 Å². The molecule has 0 bridgehead atoms. The Kier molecular flexibility index (Phi) is 5.53. The van der Waals surface area contributed by atoms with Gasteiger partial charge in [-0.15, -0.1) is 0 Å². The van der Waals surface area contributed by atoms with E-state index < -0.39 is 42.3 Å². The molecule has 0 heterocycles. The van der Waals surface area contributed by atoms with Gasteiger partial charge < -0.3 is 5.11 Å². The summed E-state index contributed by atoms with van der Waals surface area (Å²) in [7, 11) is -9.38. The van der Waals surface area contributed by atoms with E-state index in [4.69, 9.17) is 5.11 Å². The Morgan fingerprint density at radius 1 is 0.944 bits per heavy atom. The highest BCUT2D eigenvalue weighted by Gasteiger charge is 2.39. The van der Waals surface area contributed by atoms with Crippen molar-refractivity contribution in [3.63, 3.8) is 0 Å². The van der Waals surface area contributed by atoms with E-state index in [0.717, 1.165) is 0 Å². The van der Waals surface area contributed by atoms with Crippen molar-refractivity contribution in [1.29, 1.82) is 0 Å². The third-order valence-corrected chi connectivity index (χ3v) is 5.26. The number of rotatable bonds is 6. The predicted molar refractivity (Wildman–Crippen MR) is 64.2 cm³/mol. The number of carboxylic acid groups (broad SMARTS) is 1. The topological polar surface area (TPSA) is 133 Å². The molecule has 0 fully saturated rings. The van der Waals surface area contributed by atoms with Crippen LogP contribution in [0.25, 0.3) is 0 Å². The van der Waals surface area contributed by atoms with Crippen molar-refractivity contribution in [3.8, 4) is 0 Å². The van der Waals surface area contributed by atoms with Crippen LogP contribution >= 0.6 is 0 Å². The van der Waals surface area contributed by atoms with E-state index in [1.165, 1.54) is 27.7 Å². The molecule has 0 atom stereocenters. The fourth-order valence-electron chi connectivity index (χ4n) is 1.03. The second-order valence-corrected chi connectivity index (χ2v) is 7.37. The predicted octanol–water partition coefficient (Wildman–Crippen LogP) is -0.548. The molecule has 0 aliphatic heterocycles. The Hall–Kier alpha value is -0.910. The van der Waals surface area contributed by atoms with Gasteiger partial charge in [0.15, 0.2) is 0 Å². The first kappa shape index (κ1) is 17.1. The Labute approximate surface area is 107 Å². The molecular formula is C7H17N3O6S2. The van der Waals surface area contributed by atoms with E-state index >= 15 is 0 Å². The summed E-state index contributed by atoms with van der Waals surface area (Å²) in [4.78, 5) is 10.8. The molecule has 0 aromatic rings. The third kappa shape index (κ3) is 4.76. The van der Waals surface area contributed by atoms with Crippen molar-refractivity contribution in [2.24, 2.45) is 0 Å². The summed E-state index contributed by atoms with van der Waals surface area (Å²) in [6, 6.07) is -1.29. The summed E-state index contributed by atoms with van der Waals surface area (Å²) in [5.41, 5.74) is 0. The number of hydrogen-bond donors (Lipinski definition) is 3. The van der Waals surface area contributed by atoms with Crippen molar-refractivity contribution in [3.05, 3.63) is 0 Å². The maximum absolute atomic E-state index is 11.6. The van der Waals surface area contributed by atoms with Gasteiger partial charge in [-0.25, -0.2) is 4.79 Å². The lowest BCUT2D eigenvalue weighted by atomic mass is 10.4. The van der Waals surface area contributed by atoms with Crippen LogP contribution in [0.15, 0.2) is 0 Å². The van der Waals surface area contributed by atoms with Gasteiger partial charge in [0, 0.05) is 12.1 Å². The first-order valence-corrected chi connectivity index (χ1v) is 7.86. The van der Waals surface area contributed by atoms with Crippen LogP contribution in [0.1, 0.15) is 27.7 Å². The summed E-state index contributed by atoms with van der Waals surface area (Å²) in [6.07, 6.45) is -2.11. The molecule has 3 N–H and O–H groups in total. The molecule has 18 heavy (non-hydrogen) atoms. The molecule has 108 valence electrons. The molecule has 0 spiro atoms. The molecule has 0 radical (unpaired) electrons. The highest BCUT2D eigenvalue weighted by Crippen LogP contribution is 2.07. The largest absolute Gasteiger partial charge is 0.463 e. The van der Waals surface area contributed by atoms with Crippen LogP contribution in [0.2, 0.25) is 0 Å².